The smallest absolute Gasteiger partial charge is 0.411 e. The lowest BCUT2D eigenvalue weighted by molar-refractivity contribution is -0.655. The summed E-state index contributed by atoms with van der Waals surface area (Å²) in [5.74, 6) is 0. The zero-order valence-corrected chi connectivity index (χ0v) is 24.3. The predicted octanol–water partition coefficient (Wildman–Crippen LogP) is 8.46. The number of carbonyl (C=O) groups excluding carboxylic acids is 2. The minimum absolute atomic E-state index is 0.187. The summed E-state index contributed by atoms with van der Waals surface area (Å²) in [6.07, 6.45) is -1.04. The maximum absolute atomic E-state index is 12.7. The van der Waals surface area contributed by atoms with Crippen molar-refractivity contribution < 1.29 is 23.6 Å². The number of carbonyl (C=O) groups is 2. The van der Waals surface area contributed by atoms with E-state index in [2.05, 4.69) is 34.3 Å². The third-order valence-electron chi connectivity index (χ3n) is 7.41. The second-order valence-electron chi connectivity index (χ2n) is 10.3. The molecular formula is C37H32N3O4+. The standard InChI is InChI=1S/C37H31N3O4/c1-2-40-34-23-30(39-37(42)44-25-27-14-8-4-9-15-27)19-21-32(34)31-20-18-29(22-33(31)35(40)28-16-10-5-11-17-28)38-36(41)43-24-26-12-6-3-7-13-26/h3-23H,2,24-25H2,1H3,(H,38,41)/p+1. The molecule has 2 N–H and O–H groups in total. The van der Waals surface area contributed by atoms with Crippen LogP contribution in [0.15, 0.2) is 127 Å². The van der Waals surface area contributed by atoms with E-state index in [0.717, 1.165) is 44.1 Å². The fourth-order valence-corrected chi connectivity index (χ4v) is 5.37. The van der Waals surface area contributed by atoms with Gasteiger partial charge in [-0.1, -0.05) is 84.9 Å². The number of benzene rings is 5. The van der Waals surface area contributed by atoms with Gasteiger partial charge in [-0.15, -0.1) is 0 Å². The lowest BCUT2D eigenvalue weighted by atomic mass is 9.98. The number of anilines is 2. The van der Waals surface area contributed by atoms with Gasteiger partial charge in [0.25, 0.3) is 0 Å². The average molecular weight is 583 g/mol. The summed E-state index contributed by atoms with van der Waals surface area (Å²) in [5.41, 5.74) is 6.10. The number of ether oxygens (including phenoxy) is 2. The van der Waals surface area contributed by atoms with Gasteiger partial charge in [-0.25, -0.2) is 9.59 Å². The van der Waals surface area contributed by atoms with Crippen LogP contribution in [0.1, 0.15) is 18.1 Å². The number of nitrogens with zero attached hydrogens (tertiary/aromatic N) is 1. The lowest BCUT2D eigenvalue weighted by Gasteiger charge is -2.14. The van der Waals surface area contributed by atoms with Gasteiger partial charge in [-0.3, -0.25) is 10.6 Å². The van der Waals surface area contributed by atoms with Crippen molar-refractivity contribution in [3.8, 4) is 11.3 Å². The van der Waals surface area contributed by atoms with Crippen LogP contribution >= 0.6 is 0 Å². The van der Waals surface area contributed by atoms with E-state index in [1.165, 1.54) is 0 Å². The van der Waals surface area contributed by atoms with Gasteiger partial charge in [0.1, 0.15) is 19.8 Å². The van der Waals surface area contributed by atoms with Gasteiger partial charge < -0.3 is 9.47 Å². The lowest BCUT2D eigenvalue weighted by Crippen LogP contribution is -2.36. The molecule has 5 aromatic carbocycles. The summed E-state index contributed by atoms with van der Waals surface area (Å²) in [6.45, 7) is 3.14. The number of rotatable bonds is 8. The van der Waals surface area contributed by atoms with E-state index < -0.39 is 12.2 Å². The number of aromatic nitrogens is 1. The van der Waals surface area contributed by atoms with Crippen molar-refractivity contribution in [1.29, 1.82) is 0 Å². The van der Waals surface area contributed by atoms with E-state index in [4.69, 9.17) is 9.47 Å². The van der Waals surface area contributed by atoms with Crippen molar-refractivity contribution in [1.82, 2.24) is 0 Å². The van der Waals surface area contributed by atoms with Crippen LogP contribution in [0.4, 0.5) is 21.0 Å². The Kier molecular flexibility index (Phi) is 8.46. The molecule has 0 aliphatic carbocycles. The molecule has 1 aromatic heterocycles. The summed E-state index contributed by atoms with van der Waals surface area (Å²) < 4.78 is 13.1. The molecule has 0 saturated heterocycles. The number of nitrogens with one attached hydrogen (secondary N) is 2. The Hall–Kier alpha value is -5.69. The van der Waals surface area contributed by atoms with E-state index >= 15 is 0 Å². The molecule has 0 aliphatic heterocycles. The molecule has 0 spiro atoms. The third kappa shape index (κ3) is 6.37. The zero-order chi connectivity index (χ0) is 30.3. The first-order valence-electron chi connectivity index (χ1n) is 14.5. The van der Waals surface area contributed by atoms with Crippen LogP contribution in [0, 0.1) is 0 Å². The molecule has 6 aromatic rings. The molecule has 0 atom stereocenters. The minimum atomic E-state index is -0.520. The van der Waals surface area contributed by atoms with Gasteiger partial charge in [-0.2, -0.15) is 4.57 Å². The summed E-state index contributed by atoms with van der Waals surface area (Å²) in [7, 11) is 0. The molecule has 2 amide bonds. The fourth-order valence-electron chi connectivity index (χ4n) is 5.37. The summed E-state index contributed by atoms with van der Waals surface area (Å²) in [4.78, 5) is 25.3. The Morgan fingerprint density at radius 2 is 1.09 bits per heavy atom. The van der Waals surface area contributed by atoms with Crippen molar-refractivity contribution in [3.05, 3.63) is 139 Å². The van der Waals surface area contributed by atoms with E-state index in [9.17, 15) is 9.59 Å². The Labute approximate surface area is 255 Å². The van der Waals surface area contributed by atoms with Crippen LogP contribution in [0.5, 0.6) is 0 Å². The molecule has 7 heteroatoms. The summed E-state index contributed by atoms with van der Waals surface area (Å²) in [5, 5.41) is 8.79. The molecule has 0 aliphatic rings. The maximum Gasteiger partial charge on any atom is 0.411 e. The molecule has 218 valence electrons. The number of pyridine rings is 1. The SMILES string of the molecule is CC[n+]1c(-c2ccccc2)c2cc(NC(=O)OCc3ccccc3)ccc2c2ccc(NC(=O)OCc3ccccc3)cc21. The Morgan fingerprint density at radius 1 is 0.591 bits per heavy atom. The first-order chi connectivity index (χ1) is 21.6. The Morgan fingerprint density at radius 3 is 1.64 bits per heavy atom. The van der Waals surface area contributed by atoms with E-state index in [-0.39, 0.29) is 13.2 Å². The number of aryl methyl sites for hydroxylation is 1. The second-order valence-corrected chi connectivity index (χ2v) is 10.3. The molecule has 0 radical (unpaired) electrons. The number of hydrogen-bond acceptors (Lipinski definition) is 4. The Bertz CT molecular complexity index is 1930. The monoisotopic (exact) mass is 582 g/mol. The highest BCUT2D eigenvalue weighted by Gasteiger charge is 2.23. The molecule has 0 bridgehead atoms. The van der Waals surface area contributed by atoms with Gasteiger partial charge in [-0.05, 0) is 54.4 Å². The highest BCUT2D eigenvalue weighted by molar-refractivity contribution is 6.11. The highest BCUT2D eigenvalue weighted by Crippen LogP contribution is 2.34. The summed E-state index contributed by atoms with van der Waals surface area (Å²) in [6, 6.07) is 41.0. The van der Waals surface area contributed by atoms with Crippen molar-refractivity contribution in [3.63, 3.8) is 0 Å². The van der Waals surface area contributed by atoms with Gasteiger partial charge in [0.15, 0.2) is 0 Å². The molecule has 44 heavy (non-hydrogen) atoms. The van der Waals surface area contributed by atoms with Gasteiger partial charge >= 0.3 is 12.2 Å². The number of hydrogen-bond donors (Lipinski definition) is 2. The van der Waals surface area contributed by atoms with Crippen molar-refractivity contribution in [2.24, 2.45) is 0 Å². The topological polar surface area (TPSA) is 80.5 Å². The molecular weight excluding hydrogens is 550 g/mol. The van der Waals surface area contributed by atoms with Crippen LogP contribution in [0.2, 0.25) is 0 Å². The average Bonchev–Trinajstić information content (AvgIpc) is 3.07. The molecule has 1 heterocycles. The first-order valence-corrected chi connectivity index (χ1v) is 14.5. The van der Waals surface area contributed by atoms with Crippen molar-refractivity contribution in [2.45, 2.75) is 26.7 Å². The van der Waals surface area contributed by atoms with Crippen LogP contribution in [0.3, 0.4) is 0 Å². The Balaban J connectivity index is 1.34. The minimum Gasteiger partial charge on any atom is -0.444 e. The first kappa shape index (κ1) is 28.4. The highest BCUT2D eigenvalue weighted by atomic mass is 16.6. The van der Waals surface area contributed by atoms with E-state index in [1.54, 1.807) is 0 Å². The zero-order valence-electron chi connectivity index (χ0n) is 24.3. The maximum atomic E-state index is 12.7. The van der Waals surface area contributed by atoms with Crippen molar-refractivity contribution in [2.75, 3.05) is 10.6 Å². The number of amides is 2. The fraction of sp³-hybridized carbons (Fsp3) is 0.108. The van der Waals surface area contributed by atoms with Crippen LogP contribution in [-0.4, -0.2) is 12.2 Å². The normalized spacial score (nSPS) is 10.8. The van der Waals surface area contributed by atoms with Crippen LogP contribution in [0.25, 0.3) is 32.9 Å². The molecule has 0 fully saturated rings. The molecule has 7 nitrogen and oxygen atoms in total. The predicted molar refractivity (Wildman–Crippen MR) is 173 cm³/mol. The van der Waals surface area contributed by atoms with Crippen molar-refractivity contribution >= 4 is 45.2 Å². The molecule has 0 unspecified atom stereocenters. The quantitative estimate of drug-likeness (QED) is 0.139. The van der Waals surface area contributed by atoms with Gasteiger partial charge in [0.2, 0.25) is 11.2 Å². The van der Waals surface area contributed by atoms with Crippen LogP contribution in [-0.2, 0) is 29.2 Å². The van der Waals surface area contributed by atoms with E-state index in [0.29, 0.717) is 17.9 Å². The largest absolute Gasteiger partial charge is 0.444 e. The number of fused-ring (bicyclic) bond motifs is 3. The van der Waals surface area contributed by atoms with Gasteiger partial charge in [0, 0.05) is 22.7 Å². The molecule has 0 saturated carbocycles. The second kappa shape index (κ2) is 13.1. The van der Waals surface area contributed by atoms with E-state index in [1.807, 2.05) is 115 Å². The summed E-state index contributed by atoms with van der Waals surface area (Å²) >= 11 is 0. The third-order valence-corrected chi connectivity index (χ3v) is 7.41. The van der Waals surface area contributed by atoms with Crippen LogP contribution < -0.4 is 15.2 Å². The van der Waals surface area contributed by atoms with Gasteiger partial charge in [0.05, 0.1) is 16.5 Å². The molecule has 6 rings (SSSR count).